The molecule has 0 aliphatic carbocycles. The summed E-state index contributed by atoms with van der Waals surface area (Å²) in [7, 11) is 1.56. The van der Waals surface area contributed by atoms with E-state index >= 15 is 0 Å². The van der Waals surface area contributed by atoms with Crippen LogP contribution in [0.15, 0.2) is 22.7 Å². The van der Waals surface area contributed by atoms with Crippen molar-refractivity contribution in [2.45, 2.75) is 37.9 Å². The largest absolute Gasteiger partial charge is 0.493 e. The second-order valence-corrected chi connectivity index (χ2v) is 6.95. The quantitative estimate of drug-likeness (QED) is 0.376. The summed E-state index contributed by atoms with van der Waals surface area (Å²) in [4.78, 5) is 5.87. The molecule has 1 aliphatic heterocycles. The lowest BCUT2D eigenvalue weighted by molar-refractivity contribution is -0.138. The highest BCUT2D eigenvalue weighted by atomic mass is 19.4. The summed E-state index contributed by atoms with van der Waals surface area (Å²) < 4.78 is 56.2. The van der Waals surface area contributed by atoms with Crippen molar-refractivity contribution in [2.75, 3.05) is 26.9 Å². The molecule has 1 atom stereocenters. The van der Waals surface area contributed by atoms with Gasteiger partial charge in [-0.25, -0.2) is 0 Å². The molecule has 3 rings (SSSR count). The second-order valence-electron chi connectivity index (χ2n) is 6.95. The van der Waals surface area contributed by atoms with Gasteiger partial charge in [0.05, 0.1) is 12.2 Å². The van der Waals surface area contributed by atoms with Crippen molar-refractivity contribution < 1.29 is 27.2 Å². The van der Waals surface area contributed by atoms with Crippen LogP contribution in [0.25, 0.3) is 11.4 Å². The van der Waals surface area contributed by atoms with Crippen molar-refractivity contribution in [1.29, 1.82) is 5.41 Å². The molecule has 1 aromatic carbocycles. The minimum Gasteiger partial charge on any atom is -0.493 e. The summed E-state index contributed by atoms with van der Waals surface area (Å²) in [6, 6.07) is 3.34. The van der Waals surface area contributed by atoms with Crippen molar-refractivity contribution in [3.05, 3.63) is 29.7 Å². The predicted octanol–water partition coefficient (Wildman–Crippen LogP) is 3.59. The number of methoxy groups -OCH3 is 1. The fourth-order valence-electron chi connectivity index (χ4n) is 3.35. The molecule has 2 heterocycles. The van der Waals surface area contributed by atoms with Crippen LogP contribution in [-0.4, -0.2) is 47.9 Å². The van der Waals surface area contributed by atoms with E-state index in [0.717, 1.165) is 12.5 Å². The van der Waals surface area contributed by atoms with E-state index in [4.69, 9.17) is 25.1 Å². The van der Waals surface area contributed by atoms with E-state index in [1.54, 1.807) is 12.0 Å². The molecule has 1 fully saturated rings. The molecule has 11 heteroatoms. The number of halogens is 3. The molecule has 3 N–H and O–H groups in total. The molecule has 8 nitrogen and oxygen atoms in total. The van der Waals surface area contributed by atoms with Crippen LogP contribution in [0.3, 0.4) is 0 Å². The molecule has 0 bridgehead atoms. The number of nitrogens with zero attached hydrogens (tertiary/aromatic N) is 3. The van der Waals surface area contributed by atoms with Crippen LogP contribution < -0.4 is 10.5 Å². The highest BCUT2D eigenvalue weighted by Gasteiger charge is 2.36. The van der Waals surface area contributed by atoms with Gasteiger partial charge in [-0.2, -0.15) is 18.2 Å². The van der Waals surface area contributed by atoms with E-state index < -0.39 is 11.7 Å². The second kappa shape index (κ2) is 9.33. The third-order valence-electron chi connectivity index (χ3n) is 4.83. The lowest BCUT2D eigenvalue weighted by Gasteiger charge is -2.21. The molecule has 0 unspecified atom stereocenters. The van der Waals surface area contributed by atoms with Crippen LogP contribution in [0.4, 0.5) is 13.2 Å². The van der Waals surface area contributed by atoms with Gasteiger partial charge < -0.3 is 24.6 Å². The number of aromatic nitrogens is 2. The number of guanidine groups is 1. The van der Waals surface area contributed by atoms with Gasteiger partial charge in [0.1, 0.15) is 11.8 Å². The summed E-state index contributed by atoms with van der Waals surface area (Å²) in [5.41, 5.74) is 4.83. The van der Waals surface area contributed by atoms with Gasteiger partial charge >= 0.3 is 6.18 Å². The Morgan fingerprint density at radius 1 is 1.33 bits per heavy atom. The first-order valence-corrected chi connectivity index (χ1v) is 9.59. The van der Waals surface area contributed by atoms with Gasteiger partial charge in [0, 0.05) is 25.8 Å². The molecule has 0 radical (unpaired) electrons. The minimum absolute atomic E-state index is 0.0394. The monoisotopic (exact) mass is 427 g/mol. The number of alkyl halides is 3. The van der Waals surface area contributed by atoms with Crippen molar-refractivity contribution in [3.63, 3.8) is 0 Å². The Labute approximate surface area is 171 Å². The Morgan fingerprint density at radius 3 is 2.80 bits per heavy atom. The van der Waals surface area contributed by atoms with Crippen LogP contribution in [0.2, 0.25) is 0 Å². The number of nitrogens with one attached hydrogen (secondary N) is 1. The zero-order chi connectivity index (χ0) is 21.7. The van der Waals surface area contributed by atoms with Crippen molar-refractivity contribution in [1.82, 2.24) is 15.0 Å². The lowest BCUT2D eigenvalue weighted by Crippen LogP contribution is -2.35. The van der Waals surface area contributed by atoms with Gasteiger partial charge in [0.15, 0.2) is 5.96 Å². The number of nitrogens with two attached hydrogens (primary N) is 1. The van der Waals surface area contributed by atoms with Crippen molar-refractivity contribution in [3.8, 4) is 17.1 Å². The molecular formula is C19H24F3N5O3. The molecule has 1 aliphatic rings. The number of likely N-dealkylation sites (tertiary alicyclic amines) is 1. The first-order valence-electron chi connectivity index (χ1n) is 9.59. The summed E-state index contributed by atoms with van der Waals surface area (Å²) in [5, 5.41) is 11.5. The first-order chi connectivity index (χ1) is 14.3. The van der Waals surface area contributed by atoms with E-state index in [-0.39, 0.29) is 41.6 Å². The highest BCUT2D eigenvalue weighted by molar-refractivity contribution is 5.75. The van der Waals surface area contributed by atoms with E-state index in [1.807, 2.05) is 0 Å². The molecule has 2 aromatic rings. The normalized spacial score (nSPS) is 16.8. The van der Waals surface area contributed by atoms with Crippen LogP contribution >= 0.6 is 0 Å². The van der Waals surface area contributed by atoms with Gasteiger partial charge in [-0.3, -0.25) is 5.41 Å². The summed E-state index contributed by atoms with van der Waals surface area (Å²) in [5.74, 6) is -0.0863. The average Bonchev–Trinajstić information content (AvgIpc) is 3.36. The fourth-order valence-corrected chi connectivity index (χ4v) is 3.35. The zero-order valence-electron chi connectivity index (χ0n) is 16.5. The SMILES string of the molecule is COCCCCOc1ccc(-c2noc([C@@H]3CCCN3C(=N)N)n2)cc1C(F)(F)F. The maximum Gasteiger partial charge on any atom is 0.419 e. The summed E-state index contributed by atoms with van der Waals surface area (Å²) in [6.07, 6.45) is -1.85. The van der Waals surface area contributed by atoms with Gasteiger partial charge in [0.2, 0.25) is 11.7 Å². The standard InChI is InChI=1S/C19H24F3N5O3/c1-28-9-2-3-10-29-15-7-6-12(11-13(15)19(20,21)22)16-25-17(30-26-16)14-5-4-8-27(14)18(23)24/h6-7,11,14H,2-5,8-10H2,1H3,(H3,23,24)/t14-/m0/s1. The van der Waals surface area contributed by atoms with E-state index in [9.17, 15) is 13.2 Å². The Hall–Kier alpha value is -2.82. The topological polar surface area (TPSA) is 110 Å². The van der Waals surface area contributed by atoms with Gasteiger partial charge in [0.25, 0.3) is 0 Å². The van der Waals surface area contributed by atoms with Crippen LogP contribution in [0.5, 0.6) is 5.75 Å². The molecule has 164 valence electrons. The van der Waals surface area contributed by atoms with Crippen LogP contribution in [0, 0.1) is 5.41 Å². The molecule has 0 saturated carbocycles. The Kier molecular flexibility index (Phi) is 6.80. The maximum atomic E-state index is 13.6. The zero-order valence-corrected chi connectivity index (χ0v) is 16.5. The van der Waals surface area contributed by atoms with Crippen molar-refractivity contribution >= 4 is 5.96 Å². The molecule has 0 spiro atoms. The predicted molar refractivity (Wildman–Crippen MR) is 102 cm³/mol. The average molecular weight is 427 g/mol. The first kappa shape index (κ1) is 21.9. The Balaban J connectivity index is 1.80. The number of hydrogen-bond donors (Lipinski definition) is 2. The third-order valence-corrected chi connectivity index (χ3v) is 4.83. The lowest BCUT2D eigenvalue weighted by atomic mass is 10.1. The number of ether oxygens (including phenoxy) is 2. The maximum absolute atomic E-state index is 13.6. The molecule has 30 heavy (non-hydrogen) atoms. The van der Waals surface area contributed by atoms with Crippen molar-refractivity contribution in [2.24, 2.45) is 5.73 Å². The number of benzene rings is 1. The Bertz CT molecular complexity index is 871. The smallest absolute Gasteiger partial charge is 0.419 e. The number of hydrogen-bond acceptors (Lipinski definition) is 6. The van der Waals surface area contributed by atoms with E-state index in [2.05, 4.69) is 10.1 Å². The van der Waals surface area contributed by atoms with E-state index in [0.29, 0.717) is 32.4 Å². The molecule has 0 amide bonds. The van der Waals surface area contributed by atoms with Crippen LogP contribution in [-0.2, 0) is 10.9 Å². The van der Waals surface area contributed by atoms with Gasteiger partial charge in [-0.1, -0.05) is 5.16 Å². The third kappa shape index (κ3) is 5.02. The highest BCUT2D eigenvalue weighted by Crippen LogP contribution is 2.39. The Morgan fingerprint density at radius 2 is 2.10 bits per heavy atom. The van der Waals surface area contributed by atoms with Gasteiger partial charge in [-0.15, -0.1) is 0 Å². The minimum atomic E-state index is -4.60. The van der Waals surface area contributed by atoms with E-state index in [1.165, 1.54) is 12.1 Å². The summed E-state index contributed by atoms with van der Waals surface area (Å²) >= 11 is 0. The van der Waals surface area contributed by atoms with Gasteiger partial charge in [-0.05, 0) is 43.9 Å². The summed E-state index contributed by atoms with van der Waals surface area (Å²) in [6.45, 7) is 1.27. The molecule has 1 aromatic heterocycles. The fraction of sp³-hybridized carbons (Fsp3) is 0.526. The number of rotatable bonds is 8. The number of unbranched alkanes of at least 4 members (excludes halogenated alkanes) is 1. The van der Waals surface area contributed by atoms with Crippen LogP contribution in [0.1, 0.15) is 43.2 Å². The molecular weight excluding hydrogens is 403 g/mol. The molecule has 1 saturated heterocycles.